The molecule has 2 aromatic heterocycles. The topological polar surface area (TPSA) is 128 Å². The summed E-state index contributed by atoms with van der Waals surface area (Å²) in [7, 11) is 1.23. The Labute approximate surface area is 243 Å². The van der Waals surface area contributed by atoms with Crippen LogP contribution in [0.3, 0.4) is 0 Å². The molecular weight excluding hydrogens is 557 g/mol. The minimum absolute atomic E-state index is 0.0331. The monoisotopic (exact) mass is 591 g/mol. The molecule has 40 heavy (non-hydrogen) atoms. The van der Waals surface area contributed by atoms with Gasteiger partial charge >= 0.3 is 5.97 Å². The Hall–Kier alpha value is -3.11. The van der Waals surface area contributed by atoms with Crippen molar-refractivity contribution in [2.75, 3.05) is 12.5 Å². The first-order valence-electron chi connectivity index (χ1n) is 13.6. The van der Waals surface area contributed by atoms with E-state index in [0.29, 0.717) is 41.2 Å². The van der Waals surface area contributed by atoms with Crippen molar-refractivity contribution in [3.05, 3.63) is 45.2 Å². The van der Waals surface area contributed by atoms with Crippen molar-refractivity contribution in [3.63, 3.8) is 0 Å². The molecule has 12 heteroatoms. The zero-order valence-electron chi connectivity index (χ0n) is 23.3. The van der Waals surface area contributed by atoms with Gasteiger partial charge in [-0.2, -0.15) is 4.98 Å². The molecule has 2 N–H and O–H groups in total. The van der Waals surface area contributed by atoms with Gasteiger partial charge in [0.1, 0.15) is 6.04 Å². The highest BCUT2D eigenvalue weighted by Gasteiger charge is 2.34. The molecule has 1 aliphatic carbocycles. The molecule has 0 radical (unpaired) electrons. The maximum absolute atomic E-state index is 13.6. The molecule has 0 aliphatic heterocycles. The van der Waals surface area contributed by atoms with Gasteiger partial charge in [-0.3, -0.25) is 19.7 Å². The van der Waals surface area contributed by atoms with Crippen molar-refractivity contribution in [1.82, 2.24) is 20.1 Å². The lowest BCUT2D eigenvalue weighted by Crippen LogP contribution is -2.39. The molecule has 1 aliphatic rings. The fourth-order valence-electron chi connectivity index (χ4n) is 5.07. The smallest absolute Gasteiger partial charge is 0.379 e. The molecule has 0 spiro atoms. The van der Waals surface area contributed by atoms with Gasteiger partial charge in [-0.05, 0) is 54.0 Å². The molecule has 0 bridgehead atoms. The molecule has 2 heterocycles. The van der Waals surface area contributed by atoms with Crippen molar-refractivity contribution in [2.24, 2.45) is 17.8 Å². The Morgan fingerprint density at radius 3 is 2.62 bits per heavy atom. The van der Waals surface area contributed by atoms with Crippen LogP contribution in [0.25, 0.3) is 10.9 Å². The summed E-state index contributed by atoms with van der Waals surface area (Å²) in [4.78, 5) is 42.4. The Kier molecular flexibility index (Phi) is 9.41. The average molecular weight is 593 g/mol. The van der Waals surface area contributed by atoms with Crippen LogP contribution in [-0.4, -0.2) is 39.7 Å². The first kappa shape index (κ1) is 29.9. The van der Waals surface area contributed by atoms with Crippen molar-refractivity contribution in [1.29, 1.82) is 0 Å². The Morgan fingerprint density at radius 2 is 1.95 bits per heavy atom. The van der Waals surface area contributed by atoms with E-state index in [4.69, 9.17) is 27.7 Å². The van der Waals surface area contributed by atoms with Gasteiger partial charge in [0.05, 0.1) is 17.6 Å². The van der Waals surface area contributed by atoms with Crippen LogP contribution in [0.15, 0.2) is 16.7 Å². The normalized spacial score (nSPS) is 17.1. The Balaban J connectivity index is 1.62. The summed E-state index contributed by atoms with van der Waals surface area (Å²) in [6.45, 7) is 8.05. The molecule has 3 unspecified atom stereocenters. The predicted octanol–water partition coefficient (Wildman–Crippen LogP) is 5.63. The molecule has 0 saturated carbocycles. The molecule has 0 saturated heterocycles. The van der Waals surface area contributed by atoms with Crippen LogP contribution in [-0.2, 0) is 27.2 Å². The number of rotatable bonds is 10. The van der Waals surface area contributed by atoms with Crippen LogP contribution in [0.4, 0.5) is 0 Å². The van der Waals surface area contributed by atoms with E-state index in [-0.39, 0.29) is 41.3 Å². The number of halogens is 2. The summed E-state index contributed by atoms with van der Waals surface area (Å²) in [6.07, 6.45) is 3.58. The molecule has 0 fully saturated rings. The fourth-order valence-corrected chi connectivity index (χ4v) is 5.64. The number of aromatic nitrogens is 3. The first-order chi connectivity index (χ1) is 19.1. The predicted molar refractivity (Wildman–Crippen MR) is 152 cm³/mol. The lowest BCUT2D eigenvalue weighted by atomic mass is 9.85. The lowest BCUT2D eigenvalue weighted by molar-refractivity contribution is -0.126. The van der Waals surface area contributed by atoms with E-state index in [1.807, 2.05) is 26.8 Å². The number of esters is 1. The summed E-state index contributed by atoms with van der Waals surface area (Å²) in [5, 5.41) is 8.49. The van der Waals surface area contributed by atoms with Gasteiger partial charge in [0.25, 0.3) is 5.82 Å². The number of nitrogens with zero attached hydrogens (tertiary/aromatic N) is 3. The zero-order valence-corrected chi connectivity index (χ0v) is 24.9. The van der Waals surface area contributed by atoms with Crippen LogP contribution >= 0.6 is 23.2 Å². The second-order valence-corrected chi connectivity index (χ2v) is 11.4. The van der Waals surface area contributed by atoms with Crippen LogP contribution < -0.4 is 10.7 Å². The van der Waals surface area contributed by atoms with Gasteiger partial charge in [0.15, 0.2) is 0 Å². The summed E-state index contributed by atoms with van der Waals surface area (Å²) in [5.41, 5.74) is 5.56. The van der Waals surface area contributed by atoms with E-state index in [2.05, 4.69) is 32.5 Å². The third kappa shape index (κ3) is 6.12. The number of fused-ring (bicyclic) bond motifs is 3. The first-order valence-corrected chi connectivity index (χ1v) is 14.4. The number of methoxy groups -OCH3 is 1. The maximum atomic E-state index is 13.6. The minimum atomic E-state index is -0.714. The third-order valence-electron chi connectivity index (χ3n) is 7.80. The standard InChI is InChI=1S/C28H35Cl2N5O5/c1-6-14(3)10-22(36)33-35-21-9-8-16(11-18(21)19-12-17(29)13-20(30)24(19)35)26(37)31-23(15(4)7-2)27-32-25(34-40-27)28(38)39-5/h12-16,23H,6-11H2,1-5H3,(H,31,37)(H,33,36)/t14?,15?,16-,23?/m0/s1. The Morgan fingerprint density at radius 1 is 1.20 bits per heavy atom. The lowest BCUT2D eigenvalue weighted by Gasteiger charge is -2.27. The van der Waals surface area contributed by atoms with Crippen molar-refractivity contribution in [2.45, 2.75) is 72.3 Å². The van der Waals surface area contributed by atoms with Crippen molar-refractivity contribution >= 4 is 51.9 Å². The average Bonchev–Trinajstić information content (AvgIpc) is 3.54. The molecule has 1 aromatic carbocycles. The number of nitrogens with one attached hydrogen (secondary N) is 2. The fraction of sp³-hybridized carbons (Fsp3) is 0.536. The van der Waals surface area contributed by atoms with Crippen LogP contribution in [0.1, 0.15) is 87.2 Å². The number of carbonyl (C=O) groups excluding carboxylic acids is 3. The second-order valence-electron chi connectivity index (χ2n) is 10.6. The number of benzene rings is 1. The summed E-state index contributed by atoms with van der Waals surface area (Å²) < 4.78 is 11.8. The zero-order chi connectivity index (χ0) is 29.1. The van der Waals surface area contributed by atoms with Crippen LogP contribution in [0, 0.1) is 17.8 Å². The highest BCUT2D eigenvalue weighted by Crippen LogP contribution is 2.39. The van der Waals surface area contributed by atoms with Crippen molar-refractivity contribution < 1.29 is 23.6 Å². The van der Waals surface area contributed by atoms with E-state index >= 15 is 0 Å². The molecule has 216 valence electrons. The minimum Gasteiger partial charge on any atom is -0.463 e. The van der Waals surface area contributed by atoms with Gasteiger partial charge in [-0.25, -0.2) is 4.79 Å². The summed E-state index contributed by atoms with van der Waals surface area (Å²) in [6, 6.07) is 2.91. The SMILES string of the molecule is CCC(C)CC(=O)Nn1c2c(c3cc(Cl)cc(Cl)c31)C[C@@H](C(=O)NC(c1nc(C(=O)OC)no1)C(C)CC)CC2. The summed E-state index contributed by atoms with van der Waals surface area (Å²) in [5.74, 6) is -1.15. The van der Waals surface area contributed by atoms with Gasteiger partial charge in [0.2, 0.25) is 17.7 Å². The Bertz CT molecular complexity index is 1420. The highest BCUT2D eigenvalue weighted by atomic mass is 35.5. The third-order valence-corrected chi connectivity index (χ3v) is 8.31. The van der Waals surface area contributed by atoms with E-state index < -0.39 is 12.0 Å². The number of ether oxygens (including phenoxy) is 1. The second kappa shape index (κ2) is 12.6. The van der Waals surface area contributed by atoms with Gasteiger partial charge in [-0.1, -0.05) is 63.7 Å². The molecule has 3 aromatic rings. The largest absolute Gasteiger partial charge is 0.463 e. The highest BCUT2D eigenvalue weighted by molar-refractivity contribution is 6.38. The quantitative estimate of drug-likeness (QED) is 0.292. The van der Waals surface area contributed by atoms with E-state index in [1.54, 1.807) is 10.7 Å². The van der Waals surface area contributed by atoms with E-state index in [1.165, 1.54) is 7.11 Å². The molecule has 10 nitrogen and oxygen atoms in total. The van der Waals surface area contributed by atoms with E-state index in [9.17, 15) is 14.4 Å². The van der Waals surface area contributed by atoms with Crippen LogP contribution in [0.5, 0.6) is 0 Å². The molecule has 2 amide bonds. The number of amides is 2. The van der Waals surface area contributed by atoms with Gasteiger partial charge < -0.3 is 14.6 Å². The molecule has 4 rings (SSSR count). The number of hydrogen-bond donors (Lipinski definition) is 2. The van der Waals surface area contributed by atoms with Crippen LogP contribution in [0.2, 0.25) is 10.0 Å². The van der Waals surface area contributed by atoms with Gasteiger partial charge in [0, 0.05) is 28.4 Å². The number of hydrogen-bond acceptors (Lipinski definition) is 7. The van der Waals surface area contributed by atoms with Crippen molar-refractivity contribution in [3.8, 4) is 0 Å². The molecule has 4 atom stereocenters. The van der Waals surface area contributed by atoms with Gasteiger partial charge in [-0.15, -0.1) is 0 Å². The maximum Gasteiger partial charge on any atom is 0.379 e. The summed E-state index contributed by atoms with van der Waals surface area (Å²) >= 11 is 13.0. The molecular formula is C28H35Cl2N5O5. The number of carbonyl (C=O) groups is 3. The van der Waals surface area contributed by atoms with E-state index in [0.717, 1.165) is 29.5 Å².